The molecule has 1 aromatic carbocycles. The van der Waals surface area contributed by atoms with Gasteiger partial charge in [0.25, 0.3) is 0 Å². The van der Waals surface area contributed by atoms with Gasteiger partial charge in [0.1, 0.15) is 0 Å². The van der Waals surface area contributed by atoms with Crippen molar-refractivity contribution < 1.29 is 27.2 Å². The monoisotopic (exact) mass is 223 g/mol. The fourth-order valence-electron chi connectivity index (χ4n) is 0.770. The Morgan fingerprint density at radius 3 is 1.87 bits per heavy atom. The number of benzene rings is 1. The van der Waals surface area contributed by atoms with Crippen molar-refractivity contribution in [2.75, 3.05) is 0 Å². The molecule has 0 aromatic heterocycles. The van der Waals surface area contributed by atoms with Crippen LogP contribution < -0.4 is 0 Å². The second-order valence-corrected chi connectivity index (χ2v) is 2.55. The van der Waals surface area contributed by atoms with Crippen molar-refractivity contribution in [3.05, 3.63) is 35.9 Å². The van der Waals surface area contributed by atoms with Gasteiger partial charge in [-0.3, -0.25) is 4.79 Å². The molecule has 0 unspecified atom stereocenters. The number of carboxylic acid groups (broad SMARTS) is 1. The molecule has 0 bridgehead atoms. The predicted molar refractivity (Wildman–Crippen MR) is 48.0 cm³/mol. The molecule has 0 radical (unpaired) electrons. The van der Waals surface area contributed by atoms with Crippen LogP contribution in [0.4, 0.5) is 17.3 Å². The molecule has 0 saturated carbocycles. The Kier molecular flexibility index (Phi) is 5.44. The molecule has 0 aliphatic carbocycles. The van der Waals surface area contributed by atoms with Crippen molar-refractivity contribution in [1.82, 2.24) is 0 Å². The molecule has 1 rings (SSSR count). The maximum Gasteiger partial charge on any atom is 0.673 e. The van der Waals surface area contributed by atoms with Gasteiger partial charge in [-0.1, -0.05) is 30.3 Å². The summed E-state index contributed by atoms with van der Waals surface area (Å²) in [5, 5.41) is 8.37. The van der Waals surface area contributed by atoms with Crippen LogP contribution >= 0.6 is 0 Å². The molecule has 1 N–H and O–H groups in total. The van der Waals surface area contributed by atoms with Crippen molar-refractivity contribution >= 4 is 13.2 Å². The lowest BCUT2D eigenvalue weighted by Crippen LogP contribution is -2.02. The lowest BCUT2D eigenvalue weighted by Gasteiger charge is -1.94. The van der Waals surface area contributed by atoms with Crippen molar-refractivity contribution in [1.29, 1.82) is 0 Å². The molecule has 0 amide bonds. The molecule has 1 aromatic rings. The highest BCUT2D eigenvalue weighted by molar-refractivity contribution is 6.50. The Morgan fingerprint density at radius 2 is 1.53 bits per heavy atom. The first kappa shape index (κ1) is 13.5. The van der Waals surface area contributed by atoms with Crippen LogP contribution in [0.15, 0.2) is 30.3 Å². The normalized spacial score (nSPS) is 10.1. The Balaban J connectivity index is 0.000000336. The van der Waals surface area contributed by atoms with E-state index in [1.54, 1.807) is 12.1 Å². The van der Waals surface area contributed by atoms with E-state index in [9.17, 15) is 22.1 Å². The van der Waals surface area contributed by atoms with E-state index in [1.165, 1.54) is 0 Å². The van der Waals surface area contributed by atoms with Crippen LogP contribution in [0.1, 0.15) is 5.56 Å². The zero-order chi connectivity index (χ0) is 11.9. The standard InChI is InChI=1S/C8H8O2.BF4/c9-8(10)6-7-4-2-1-3-5-7;2-1(3,4)5/h1-5H,6H2,(H,9,10);/q;-1. The van der Waals surface area contributed by atoms with Crippen LogP contribution in [0.2, 0.25) is 0 Å². The van der Waals surface area contributed by atoms with E-state index in [2.05, 4.69) is 0 Å². The lowest BCUT2D eigenvalue weighted by molar-refractivity contribution is -0.136. The van der Waals surface area contributed by atoms with E-state index >= 15 is 0 Å². The SMILES string of the molecule is F[B-](F)(F)F.O=C(O)Cc1ccccc1. The fraction of sp³-hybridized carbons (Fsp3) is 0.125. The van der Waals surface area contributed by atoms with Crippen LogP contribution in [-0.2, 0) is 11.2 Å². The average molecular weight is 223 g/mol. The summed E-state index contributed by atoms with van der Waals surface area (Å²) in [5.41, 5.74) is 0.843. The first-order valence-electron chi connectivity index (χ1n) is 3.92. The summed E-state index contributed by atoms with van der Waals surface area (Å²) in [6.07, 6.45) is 0.112. The first-order chi connectivity index (χ1) is 6.79. The van der Waals surface area contributed by atoms with Crippen LogP contribution in [-0.4, -0.2) is 18.3 Å². The summed E-state index contributed by atoms with van der Waals surface area (Å²) >= 11 is 0. The summed E-state index contributed by atoms with van der Waals surface area (Å²) in [6.45, 7) is 0. The maximum atomic E-state index is 10.2. The third-order valence-electron chi connectivity index (χ3n) is 1.20. The number of hydrogen-bond donors (Lipinski definition) is 1. The smallest absolute Gasteiger partial charge is 0.481 e. The van der Waals surface area contributed by atoms with Gasteiger partial charge >= 0.3 is 13.2 Å². The second kappa shape index (κ2) is 6.05. The van der Waals surface area contributed by atoms with E-state index in [4.69, 9.17) is 5.11 Å². The van der Waals surface area contributed by atoms with Gasteiger partial charge in [-0.05, 0) is 5.56 Å². The van der Waals surface area contributed by atoms with Crippen molar-refractivity contribution in [2.24, 2.45) is 0 Å². The molecule has 0 saturated heterocycles. The van der Waals surface area contributed by atoms with E-state index in [0.29, 0.717) is 0 Å². The van der Waals surface area contributed by atoms with E-state index in [-0.39, 0.29) is 6.42 Å². The van der Waals surface area contributed by atoms with E-state index in [1.807, 2.05) is 18.2 Å². The molecule has 84 valence electrons. The molecule has 0 fully saturated rings. The molecule has 0 atom stereocenters. The molecule has 2 nitrogen and oxygen atoms in total. The van der Waals surface area contributed by atoms with Crippen molar-refractivity contribution in [3.8, 4) is 0 Å². The van der Waals surface area contributed by atoms with Crippen molar-refractivity contribution in [2.45, 2.75) is 6.42 Å². The molecule has 15 heavy (non-hydrogen) atoms. The molecule has 0 aliphatic heterocycles. The van der Waals surface area contributed by atoms with E-state index < -0.39 is 13.2 Å². The van der Waals surface area contributed by atoms with Crippen molar-refractivity contribution in [3.63, 3.8) is 0 Å². The Bertz CT molecular complexity index is 293. The van der Waals surface area contributed by atoms with Crippen LogP contribution in [0, 0.1) is 0 Å². The van der Waals surface area contributed by atoms with Gasteiger partial charge in [0.15, 0.2) is 0 Å². The number of aliphatic carboxylic acids is 1. The molecule has 7 heteroatoms. The number of halogens is 4. The lowest BCUT2D eigenvalue weighted by atomic mass is 10.2. The van der Waals surface area contributed by atoms with Gasteiger partial charge < -0.3 is 22.4 Å². The average Bonchev–Trinajstić information content (AvgIpc) is 2.01. The van der Waals surface area contributed by atoms with Crippen LogP contribution in [0.25, 0.3) is 0 Å². The minimum atomic E-state index is -6.00. The highest BCUT2D eigenvalue weighted by atomic mass is 19.5. The Labute approximate surface area is 83.6 Å². The minimum Gasteiger partial charge on any atom is -0.481 e. The number of carbonyl (C=O) groups is 1. The van der Waals surface area contributed by atoms with Gasteiger partial charge in [0.2, 0.25) is 0 Å². The second-order valence-electron chi connectivity index (χ2n) is 2.55. The highest BCUT2D eigenvalue weighted by Crippen LogP contribution is 2.06. The summed E-state index contributed by atoms with van der Waals surface area (Å²) in [5.74, 6) is -0.786. The third kappa shape index (κ3) is 12.5. The zero-order valence-corrected chi connectivity index (χ0v) is 7.54. The molecule has 0 spiro atoms. The van der Waals surface area contributed by atoms with Gasteiger partial charge in [-0.15, -0.1) is 0 Å². The number of rotatable bonds is 2. The van der Waals surface area contributed by atoms with Gasteiger partial charge in [0.05, 0.1) is 6.42 Å². The Hall–Kier alpha value is -1.53. The van der Waals surface area contributed by atoms with Crippen LogP contribution in [0.5, 0.6) is 0 Å². The van der Waals surface area contributed by atoms with Gasteiger partial charge in [0, 0.05) is 0 Å². The summed E-state index contributed by atoms with van der Waals surface area (Å²) in [6, 6.07) is 9.13. The first-order valence-corrected chi connectivity index (χ1v) is 3.92. The summed E-state index contributed by atoms with van der Waals surface area (Å²) < 4.78 is 39.0. The largest absolute Gasteiger partial charge is 0.673 e. The minimum absolute atomic E-state index is 0.112. The summed E-state index contributed by atoms with van der Waals surface area (Å²) in [4.78, 5) is 10.2. The molecular formula is C8H8BF4O2-. The fourth-order valence-corrected chi connectivity index (χ4v) is 0.770. The number of hydrogen-bond acceptors (Lipinski definition) is 1. The maximum absolute atomic E-state index is 10.2. The molecule has 0 aliphatic rings. The highest BCUT2D eigenvalue weighted by Gasteiger charge is 2.20. The third-order valence-corrected chi connectivity index (χ3v) is 1.20. The molecule has 0 heterocycles. The topological polar surface area (TPSA) is 37.3 Å². The van der Waals surface area contributed by atoms with Gasteiger partial charge in [-0.2, -0.15) is 0 Å². The Morgan fingerprint density at radius 1 is 1.13 bits per heavy atom. The quantitative estimate of drug-likeness (QED) is 0.617. The summed E-state index contributed by atoms with van der Waals surface area (Å²) in [7, 11) is -6.00. The molecular weight excluding hydrogens is 215 g/mol. The van der Waals surface area contributed by atoms with Crippen LogP contribution in [0.3, 0.4) is 0 Å². The number of carboxylic acids is 1. The van der Waals surface area contributed by atoms with Gasteiger partial charge in [-0.25, -0.2) is 0 Å². The zero-order valence-electron chi connectivity index (χ0n) is 7.54. The van der Waals surface area contributed by atoms with E-state index in [0.717, 1.165) is 5.56 Å². The predicted octanol–water partition coefficient (Wildman–Crippen LogP) is 2.61.